The molecule has 9 heteroatoms. The predicted molar refractivity (Wildman–Crippen MR) is 108 cm³/mol. The monoisotopic (exact) mass is 423 g/mol. The first-order chi connectivity index (χ1) is 13.9. The van der Waals surface area contributed by atoms with Gasteiger partial charge in [0.25, 0.3) is 0 Å². The Labute approximate surface area is 170 Å². The summed E-state index contributed by atoms with van der Waals surface area (Å²) in [4.78, 5) is 17.6. The lowest BCUT2D eigenvalue weighted by molar-refractivity contribution is 0.0995. The van der Waals surface area contributed by atoms with E-state index in [1.807, 2.05) is 6.92 Å². The van der Waals surface area contributed by atoms with Crippen LogP contribution < -0.4 is 0 Å². The Hall–Kier alpha value is -2.26. The second-order valence-electron chi connectivity index (χ2n) is 7.21. The average molecular weight is 424 g/mol. The van der Waals surface area contributed by atoms with Gasteiger partial charge in [-0.15, -0.1) is 0 Å². The zero-order valence-corrected chi connectivity index (χ0v) is 17.5. The molecule has 0 saturated carbocycles. The number of hydrogen-bond acceptors (Lipinski definition) is 5. The van der Waals surface area contributed by atoms with Crippen molar-refractivity contribution in [2.75, 3.05) is 26.2 Å². The smallest absolute Gasteiger partial charge is 0.409 e. The van der Waals surface area contributed by atoms with Gasteiger partial charge in [-0.05, 0) is 25.8 Å². The van der Waals surface area contributed by atoms with Crippen molar-refractivity contribution in [3.63, 3.8) is 0 Å². The lowest BCUT2D eigenvalue weighted by atomic mass is 10.2. The van der Waals surface area contributed by atoms with Crippen molar-refractivity contribution in [2.45, 2.75) is 44.0 Å². The Morgan fingerprint density at radius 3 is 2.86 bits per heavy atom. The van der Waals surface area contributed by atoms with Gasteiger partial charge in [0.05, 0.1) is 17.7 Å². The topological polar surface area (TPSA) is 79.8 Å². The van der Waals surface area contributed by atoms with Crippen LogP contribution in [0.25, 0.3) is 10.8 Å². The summed E-state index contributed by atoms with van der Waals surface area (Å²) in [7, 11) is -3.97. The van der Waals surface area contributed by atoms with E-state index in [4.69, 9.17) is 4.74 Å². The zero-order chi connectivity index (χ0) is 21.0. The molecule has 1 aliphatic rings. The maximum absolute atomic E-state index is 14.4. The summed E-state index contributed by atoms with van der Waals surface area (Å²) in [6, 6.07) is 4.15. The second-order valence-corrected chi connectivity index (χ2v) is 9.07. The molecule has 1 fully saturated rings. The van der Waals surface area contributed by atoms with Crippen molar-refractivity contribution in [3.05, 3.63) is 36.4 Å². The first-order valence-corrected chi connectivity index (χ1v) is 11.3. The molecule has 29 heavy (non-hydrogen) atoms. The molecule has 158 valence electrons. The fraction of sp³-hybridized carbons (Fsp3) is 0.500. The Bertz CT molecular complexity index is 978. The largest absolute Gasteiger partial charge is 0.449 e. The van der Waals surface area contributed by atoms with Gasteiger partial charge < -0.3 is 9.64 Å². The van der Waals surface area contributed by atoms with Gasteiger partial charge in [0.2, 0.25) is 10.0 Å². The van der Waals surface area contributed by atoms with Crippen LogP contribution in [0.3, 0.4) is 0 Å². The number of pyridine rings is 1. The van der Waals surface area contributed by atoms with Crippen LogP contribution in [0.4, 0.5) is 9.18 Å². The van der Waals surface area contributed by atoms with Crippen molar-refractivity contribution < 1.29 is 22.3 Å². The summed E-state index contributed by atoms with van der Waals surface area (Å²) < 4.78 is 47.9. The summed E-state index contributed by atoms with van der Waals surface area (Å²) >= 11 is 0. The standard InChI is InChI=1S/C20H26FN3O4S/c1-3-4-11-28-20(25)23-9-6-10-24(15(2)14-23)29(26,27)18-8-5-7-16-12-22-13-17(21)19(16)18/h5,7-8,12-13,15H,3-4,6,9-11,14H2,1-2H3/t15-/m0/s1. The van der Waals surface area contributed by atoms with E-state index in [0.29, 0.717) is 25.0 Å². The van der Waals surface area contributed by atoms with Gasteiger partial charge in [-0.1, -0.05) is 25.5 Å². The minimum absolute atomic E-state index is 0.0368. The third kappa shape index (κ3) is 4.51. The Kier molecular flexibility index (Phi) is 6.69. The molecule has 3 rings (SSSR count). The highest BCUT2D eigenvalue weighted by molar-refractivity contribution is 7.89. The number of ether oxygens (including phenoxy) is 1. The van der Waals surface area contributed by atoms with Crippen molar-refractivity contribution in [3.8, 4) is 0 Å². The number of carbonyl (C=O) groups excluding carboxylic acids is 1. The number of amides is 1. The molecule has 2 aromatic rings. The molecule has 0 spiro atoms. The van der Waals surface area contributed by atoms with E-state index in [0.717, 1.165) is 19.0 Å². The number of unbranched alkanes of at least 4 members (excludes halogenated alkanes) is 1. The summed E-state index contributed by atoms with van der Waals surface area (Å²) in [5, 5.41) is 0.462. The molecule has 7 nitrogen and oxygen atoms in total. The van der Waals surface area contributed by atoms with Crippen LogP contribution in [0.15, 0.2) is 35.5 Å². The number of aromatic nitrogens is 1. The zero-order valence-electron chi connectivity index (χ0n) is 16.7. The Balaban J connectivity index is 1.86. The van der Waals surface area contributed by atoms with Crippen LogP contribution in [0.5, 0.6) is 0 Å². The molecule has 1 amide bonds. The fourth-order valence-corrected chi connectivity index (χ4v) is 5.44. The van der Waals surface area contributed by atoms with Gasteiger partial charge in [-0.2, -0.15) is 4.31 Å². The molecule has 2 heterocycles. The number of fused-ring (bicyclic) bond motifs is 1. The summed E-state index contributed by atoms with van der Waals surface area (Å²) in [5.41, 5.74) is 0. The molecule has 1 aliphatic heterocycles. The minimum atomic E-state index is -3.97. The first kappa shape index (κ1) is 21.4. The van der Waals surface area contributed by atoms with Gasteiger partial charge in [0, 0.05) is 42.6 Å². The molecule has 1 saturated heterocycles. The quantitative estimate of drug-likeness (QED) is 0.689. The van der Waals surface area contributed by atoms with E-state index in [-0.39, 0.29) is 23.4 Å². The molecule has 0 radical (unpaired) electrons. The number of rotatable bonds is 5. The normalized spacial score (nSPS) is 18.6. The van der Waals surface area contributed by atoms with Crippen LogP contribution >= 0.6 is 0 Å². The van der Waals surface area contributed by atoms with E-state index >= 15 is 0 Å². The predicted octanol–water partition coefficient (Wildman–Crippen LogP) is 3.40. The molecular formula is C20H26FN3O4S. The second kappa shape index (κ2) is 9.04. The highest BCUT2D eigenvalue weighted by atomic mass is 32.2. The fourth-order valence-electron chi connectivity index (χ4n) is 3.56. The van der Waals surface area contributed by atoms with Crippen LogP contribution in [0, 0.1) is 5.82 Å². The maximum atomic E-state index is 14.4. The molecule has 0 aliphatic carbocycles. The third-order valence-corrected chi connectivity index (χ3v) is 7.11. The Morgan fingerprint density at radius 2 is 2.10 bits per heavy atom. The SMILES string of the molecule is CCCCOC(=O)N1CCCN(S(=O)(=O)c2cccc3cncc(F)c23)[C@@H](C)C1. The van der Waals surface area contributed by atoms with Crippen molar-refractivity contribution >= 4 is 26.9 Å². The molecular weight excluding hydrogens is 397 g/mol. The summed E-state index contributed by atoms with van der Waals surface area (Å²) in [5.74, 6) is -0.676. The molecule has 0 bridgehead atoms. The number of sulfonamides is 1. The van der Waals surface area contributed by atoms with Crippen molar-refractivity contribution in [1.29, 1.82) is 0 Å². The summed E-state index contributed by atoms with van der Waals surface area (Å²) in [6.45, 7) is 4.99. The number of carbonyl (C=O) groups is 1. The minimum Gasteiger partial charge on any atom is -0.449 e. The number of halogens is 1. The van der Waals surface area contributed by atoms with Gasteiger partial charge in [0.15, 0.2) is 5.82 Å². The van der Waals surface area contributed by atoms with Crippen molar-refractivity contribution in [2.24, 2.45) is 0 Å². The van der Waals surface area contributed by atoms with Crippen LogP contribution in [0.2, 0.25) is 0 Å². The van der Waals surface area contributed by atoms with E-state index in [1.54, 1.807) is 24.0 Å². The number of hydrogen-bond donors (Lipinski definition) is 0. The number of benzene rings is 1. The lowest BCUT2D eigenvalue weighted by Gasteiger charge is -2.28. The maximum Gasteiger partial charge on any atom is 0.409 e. The van der Waals surface area contributed by atoms with Crippen molar-refractivity contribution in [1.82, 2.24) is 14.2 Å². The van der Waals surface area contributed by atoms with Crippen LogP contribution in [0.1, 0.15) is 33.1 Å². The van der Waals surface area contributed by atoms with E-state index in [2.05, 4.69) is 4.98 Å². The highest BCUT2D eigenvalue weighted by Gasteiger charge is 2.35. The van der Waals surface area contributed by atoms with Crippen LogP contribution in [-0.4, -0.2) is 61.0 Å². The van der Waals surface area contributed by atoms with Crippen LogP contribution in [-0.2, 0) is 14.8 Å². The highest BCUT2D eigenvalue weighted by Crippen LogP contribution is 2.29. The average Bonchev–Trinajstić information content (AvgIpc) is 2.90. The lowest BCUT2D eigenvalue weighted by Crippen LogP contribution is -2.44. The van der Waals surface area contributed by atoms with Gasteiger partial charge >= 0.3 is 6.09 Å². The van der Waals surface area contributed by atoms with Gasteiger partial charge in [-0.3, -0.25) is 4.98 Å². The molecule has 0 N–H and O–H groups in total. The van der Waals surface area contributed by atoms with E-state index in [9.17, 15) is 17.6 Å². The van der Waals surface area contributed by atoms with Gasteiger partial charge in [-0.25, -0.2) is 17.6 Å². The third-order valence-electron chi connectivity index (χ3n) is 5.05. The summed E-state index contributed by atoms with van der Waals surface area (Å²) in [6.07, 6.45) is 4.22. The molecule has 0 unspecified atom stereocenters. The molecule has 1 aromatic heterocycles. The Morgan fingerprint density at radius 1 is 1.31 bits per heavy atom. The van der Waals surface area contributed by atoms with E-state index in [1.165, 1.54) is 16.6 Å². The van der Waals surface area contributed by atoms with E-state index < -0.39 is 28.0 Å². The molecule has 1 atom stereocenters. The molecule has 1 aromatic carbocycles. The number of nitrogens with zero attached hydrogens (tertiary/aromatic N) is 3. The first-order valence-electron chi connectivity index (χ1n) is 9.82. The van der Waals surface area contributed by atoms with Gasteiger partial charge in [0.1, 0.15) is 0 Å².